The van der Waals surface area contributed by atoms with Gasteiger partial charge >= 0.3 is 0 Å². The van der Waals surface area contributed by atoms with Crippen molar-refractivity contribution in [3.8, 4) is 0 Å². The third kappa shape index (κ3) is 4.71. The number of amides is 2. The second-order valence-electron chi connectivity index (χ2n) is 5.22. The number of hydrogen-bond acceptors (Lipinski definition) is 3. The maximum absolute atomic E-state index is 12.2. The number of rotatable bonds is 6. The van der Waals surface area contributed by atoms with E-state index >= 15 is 0 Å². The van der Waals surface area contributed by atoms with E-state index in [2.05, 4.69) is 5.32 Å². The van der Waals surface area contributed by atoms with Crippen LogP contribution in [0.3, 0.4) is 0 Å². The highest BCUT2D eigenvalue weighted by atomic mass is 35.5. The van der Waals surface area contributed by atoms with E-state index in [0.717, 1.165) is 0 Å². The Bertz CT molecular complexity index is 738. The Hall–Kier alpha value is -2.08. The Morgan fingerprint density at radius 2 is 1.79 bits per heavy atom. The van der Waals surface area contributed by atoms with Gasteiger partial charge in [-0.1, -0.05) is 59.6 Å². The minimum absolute atomic E-state index is 0.0958. The molecule has 0 bridgehead atoms. The highest BCUT2D eigenvalue weighted by Crippen LogP contribution is 2.22. The number of carbonyl (C=O) groups is 2. The van der Waals surface area contributed by atoms with Crippen LogP contribution in [0.2, 0.25) is 10.0 Å². The van der Waals surface area contributed by atoms with Crippen LogP contribution in [-0.4, -0.2) is 23.0 Å². The topological polar surface area (TPSA) is 92.4 Å². The molecule has 0 aliphatic carbocycles. The quantitative estimate of drug-likeness (QED) is 0.731. The molecule has 0 aliphatic rings. The van der Waals surface area contributed by atoms with Gasteiger partial charge in [-0.3, -0.25) is 9.59 Å². The van der Waals surface area contributed by atoms with Crippen molar-refractivity contribution in [2.75, 3.05) is 0 Å². The molecule has 2 amide bonds. The van der Waals surface area contributed by atoms with Gasteiger partial charge in [0, 0.05) is 16.5 Å². The Labute approximate surface area is 149 Å². The molecule has 2 aromatic carbocycles. The first-order chi connectivity index (χ1) is 11.4. The van der Waals surface area contributed by atoms with E-state index in [0.29, 0.717) is 21.2 Å². The fourth-order valence-electron chi connectivity index (χ4n) is 2.17. The number of primary amides is 1. The number of aliphatic hydroxyl groups excluding tert-OH is 1. The van der Waals surface area contributed by atoms with Crippen molar-refractivity contribution >= 4 is 35.0 Å². The lowest BCUT2D eigenvalue weighted by molar-refractivity contribution is -0.133. The highest BCUT2D eigenvalue weighted by molar-refractivity contribution is 6.35. The average molecular weight is 367 g/mol. The Morgan fingerprint density at radius 1 is 1.12 bits per heavy atom. The van der Waals surface area contributed by atoms with Crippen LogP contribution in [0.5, 0.6) is 0 Å². The van der Waals surface area contributed by atoms with Gasteiger partial charge in [0.05, 0.1) is 0 Å². The molecule has 0 radical (unpaired) electrons. The first kappa shape index (κ1) is 18.3. The van der Waals surface area contributed by atoms with Crippen LogP contribution in [0.25, 0.3) is 0 Å². The van der Waals surface area contributed by atoms with Crippen molar-refractivity contribution in [2.45, 2.75) is 18.6 Å². The van der Waals surface area contributed by atoms with E-state index in [1.165, 1.54) is 6.07 Å². The molecule has 5 nitrogen and oxygen atoms in total. The van der Waals surface area contributed by atoms with Gasteiger partial charge in [-0.2, -0.15) is 0 Å². The third-order valence-electron chi connectivity index (χ3n) is 3.46. The molecule has 24 heavy (non-hydrogen) atoms. The van der Waals surface area contributed by atoms with Crippen molar-refractivity contribution in [2.24, 2.45) is 5.73 Å². The SMILES string of the molecule is NC(=O)[C@@H](Cc1ccc(Cl)cc1Cl)NC(=O)[C@@H](O)c1ccccc1. The first-order valence-electron chi connectivity index (χ1n) is 7.15. The third-order valence-corrected chi connectivity index (χ3v) is 4.05. The zero-order valence-corrected chi connectivity index (χ0v) is 14.1. The maximum Gasteiger partial charge on any atom is 0.254 e. The number of hydrogen-bond donors (Lipinski definition) is 3. The lowest BCUT2D eigenvalue weighted by Crippen LogP contribution is -2.47. The molecular formula is C17H16Cl2N2O3. The minimum Gasteiger partial charge on any atom is -0.378 e. The number of benzene rings is 2. The van der Waals surface area contributed by atoms with Gasteiger partial charge in [0.15, 0.2) is 6.10 Å². The number of halogens is 2. The molecule has 0 unspecified atom stereocenters. The summed E-state index contributed by atoms with van der Waals surface area (Å²) in [6.45, 7) is 0. The number of aliphatic hydroxyl groups is 1. The molecule has 2 aromatic rings. The van der Waals surface area contributed by atoms with Crippen LogP contribution in [0.1, 0.15) is 17.2 Å². The fourth-order valence-corrected chi connectivity index (χ4v) is 2.65. The van der Waals surface area contributed by atoms with E-state index in [9.17, 15) is 14.7 Å². The van der Waals surface area contributed by atoms with Crippen LogP contribution < -0.4 is 11.1 Å². The lowest BCUT2D eigenvalue weighted by atomic mass is 10.0. The normalized spacial score (nSPS) is 13.1. The van der Waals surface area contributed by atoms with Crippen LogP contribution >= 0.6 is 23.2 Å². The van der Waals surface area contributed by atoms with Crippen LogP contribution in [0.15, 0.2) is 48.5 Å². The number of nitrogens with two attached hydrogens (primary N) is 1. The maximum atomic E-state index is 12.2. The second-order valence-corrected chi connectivity index (χ2v) is 6.06. The summed E-state index contributed by atoms with van der Waals surface area (Å²) in [6, 6.07) is 12.2. The van der Waals surface area contributed by atoms with E-state index in [1.807, 2.05) is 0 Å². The largest absolute Gasteiger partial charge is 0.378 e. The van der Waals surface area contributed by atoms with Gasteiger partial charge in [-0.25, -0.2) is 0 Å². The Morgan fingerprint density at radius 3 is 2.38 bits per heavy atom. The van der Waals surface area contributed by atoms with Gasteiger partial charge < -0.3 is 16.2 Å². The van der Waals surface area contributed by atoms with E-state index in [4.69, 9.17) is 28.9 Å². The van der Waals surface area contributed by atoms with Crippen molar-refractivity contribution in [1.82, 2.24) is 5.32 Å². The van der Waals surface area contributed by atoms with Crippen molar-refractivity contribution in [3.05, 3.63) is 69.7 Å². The van der Waals surface area contributed by atoms with Gasteiger partial charge in [-0.15, -0.1) is 0 Å². The molecule has 0 heterocycles. The molecule has 126 valence electrons. The zero-order chi connectivity index (χ0) is 17.7. The smallest absolute Gasteiger partial charge is 0.254 e. The van der Waals surface area contributed by atoms with Gasteiger partial charge in [0.25, 0.3) is 5.91 Å². The average Bonchev–Trinajstić information content (AvgIpc) is 2.56. The molecule has 0 saturated heterocycles. The second kappa shape index (κ2) is 8.15. The fraction of sp³-hybridized carbons (Fsp3) is 0.176. The predicted molar refractivity (Wildman–Crippen MR) is 92.7 cm³/mol. The summed E-state index contributed by atoms with van der Waals surface area (Å²) >= 11 is 11.9. The summed E-state index contributed by atoms with van der Waals surface area (Å²) in [4.78, 5) is 23.8. The number of nitrogens with one attached hydrogen (secondary N) is 1. The molecular weight excluding hydrogens is 351 g/mol. The predicted octanol–water partition coefficient (Wildman–Crippen LogP) is 2.24. The summed E-state index contributed by atoms with van der Waals surface area (Å²) in [5.74, 6) is -1.44. The molecule has 0 spiro atoms. The molecule has 0 fully saturated rings. The lowest BCUT2D eigenvalue weighted by Gasteiger charge is -2.19. The highest BCUT2D eigenvalue weighted by Gasteiger charge is 2.24. The summed E-state index contributed by atoms with van der Waals surface area (Å²) in [5, 5.41) is 13.3. The molecule has 4 N–H and O–H groups in total. The first-order valence-corrected chi connectivity index (χ1v) is 7.90. The van der Waals surface area contributed by atoms with Gasteiger partial charge in [-0.05, 0) is 23.3 Å². The van der Waals surface area contributed by atoms with Crippen LogP contribution in [0, 0.1) is 0 Å². The van der Waals surface area contributed by atoms with E-state index in [1.54, 1.807) is 42.5 Å². The van der Waals surface area contributed by atoms with E-state index in [-0.39, 0.29) is 6.42 Å². The summed E-state index contributed by atoms with van der Waals surface area (Å²) in [6.07, 6.45) is -1.30. The van der Waals surface area contributed by atoms with Gasteiger partial charge in [0.1, 0.15) is 6.04 Å². The Balaban J connectivity index is 2.11. The van der Waals surface area contributed by atoms with Crippen molar-refractivity contribution < 1.29 is 14.7 Å². The standard InChI is InChI=1S/C17H16Cl2N2O3/c18-12-7-6-11(13(19)9-12)8-14(16(20)23)21-17(24)15(22)10-4-2-1-3-5-10/h1-7,9,14-15,22H,8H2,(H2,20,23)(H,21,24)/t14-,15+/m1/s1. The molecule has 2 rings (SSSR count). The van der Waals surface area contributed by atoms with E-state index < -0.39 is 24.0 Å². The summed E-state index contributed by atoms with van der Waals surface area (Å²) in [5.41, 5.74) is 6.38. The molecule has 0 aliphatic heterocycles. The van der Waals surface area contributed by atoms with Gasteiger partial charge in [0.2, 0.25) is 5.91 Å². The molecule has 2 atom stereocenters. The monoisotopic (exact) mass is 366 g/mol. The molecule has 0 saturated carbocycles. The molecule has 7 heteroatoms. The minimum atomic E-state index is -1.39. The number of carbonyl (C=O) groups excluding carboxylic acids is 2. The summed E-state index contributed by atoms with van der Waals surface area (Å²) in [7, 11) is 0. The Kier molecular flexibility index (Phi) is 6.20. The van der Waals surface area contributed by atoms with Crippen molar-refractivity contribution in [1.29, 1.82) is 0 Å². The van der Waals surface area contributed by atoms with Crippen LogP contribution in [0.4, 0.5) is 0 Å². The molecule has 0 aromatic heterocycles. The van der Waals surface area contributed by atoms with Crippen molar-refractivity contribution in [3.63, 3.8) is 0 Å². The summed E-state index contributed by atoms with van der Waals surface area (Å²) < 4.78 is 0. The van der Waals surface area contributed by atoms with Crippen LogP contribution in [-0.2, 0) is 16.0 Å². The zero-order valence-electron chi connectivity index (χ0n) is 12.6.